The minimum Gasteiger partial charge on any atom is -0.344 e. The van der Waals surface area contributed by atoms with Gasteiger partial charge in [-0.1, -0.05) is 30.3 Å². The minimum absolute atomic E-state index is 0.168. The molecule has 0 atom stereocenters. The summed E-state index contributed by atoms with van der Waals surface area (Å²) >= 11 is 0. The summed E-state index contributed by atoms with van der Waals surface area (Å²) in [5.41, 5.74) is 1.27. The molecule has 0 bridgehead atoms. The van der Waals surface area contributed by atoms with Crippen LogP contribution in [0.25, 0.3) is 0 Å². The number of para-hydroxylation sites is 1. The molecule has 0 unspecified atom stereocenters. The van der Waals surface area contributed by atoms with Crippen molar-refractivity contribution in [2.24, 2.45) is 0 Å². The van der Waals surface area contributed by atoms with Gasteiger partial charge in [0.15, 0.2) is 0 Å². The first-order valence-corrected chi connectivity index (χ1v) is 6.04. The van der Waals surface area contributed by atoms with E-state index in [4.69, 9.17) is 0 Å². The molecule has 4 nitrogen and oxygen atoms in total. The second kappa shape index (κ2) is 6.47. The van der Waals surface area contributed by atoms with Crippen LogP contribution < -0.4 is 10.6 Å². The van der Waals surface area contributed by atoms with Crippen molar-refractivity contribution in [2.45, 2.75) is 6.54 Å². The van der Waals surface area contributed by atoms with Crippen molar-refractivity contribution in [1.29, 1.82) is 0 Å². The second-order valence-corrected chi connectivity index (χ2v) is 4.13. The van der Waals surface area contributed by atoms with Crippen molar-refractivity contribution in [3.05, 3.63) is 66.0 Å². The third kappa shape index (κ3) is 3.91. The average molecular weight is 272 g/mol. The number of anilines is 1. The lowest BCUT2D eigenvalue weighted by atomic mass is 10.2. The lowest BCUT2D eigenvalue weighted by Gasteiger charge is -2.06. The van der Waals surface area contributed by atoms with E-state index in [1.54, 1.807) is 36.4 Å². The van der Waals surface area contributed by atoms with Crippen LogP contribution in [0.15, 0.2) is 54.6 Å². The molecule has 0 aliphatic heterocycles. The zero-order valence-electron chi connectivity index (χ0n) is 10.6. The monoisotopic (exact) mass is 272 g/mol. The van der Waals surface area contributed by atoms with Crippen molar-refractivity contribution in [3.63, 3.8) is 0 Å². The van der Waals surface area contributed by atoms with Crippen LogP contribution in [0, 0.1) is 5.82 Å². The number of halogens is 1. The van der Waals surface area contributed by atoms with E-state index < -0.39 is 11.8 Å². The summed E-state index contributed by atoms with van der Waals surface area (Å²) in [7, 11) is 0. The Balaban J connectivity index is 1.85. The van der Waals surface area contributed by atoms with Gasteiger partial charge >= 0.3 is 11.8 Å². The molecular formula is C15H13FN2O2. The van der Waals surface area contributed by atoms with Crippen LogP contribution in [0.3, 0.4) is 0 Å². The van der Waals surface area contributed by atoms with Gasteiger partial charge in [-0.3, -0.25) is 9.59 Å². The van der Waals surface area contributed by atoms with Gasteiger partial charge < -0.3 is 10.6 Å². The fourth-order valence-corrected chi connectivity index (χ4v) is 1.57. The van der Waals surface area contributed by atoms with Crippen molar-refractivity contribution < 1.29 is 14.0 Å². The number of nitrogens with one attached hydrogen (secondary N) is 2. The largest absolute Gasteiger partial charge is 0.344 e. The van der Waals surface area contributed by atoms with Crippen molar-refractivity contribution in [3.8, 4) is 0 Å². The first-order chi connectivity index (χ1) is 9.65. The Kier molecular flexibility index (Phi) is 4.44. The predicted octanol–water partition coefficient (Wildman–Crippen LogP) is 2.08. The van der Waals surface area contributed by atoms with Crippen LogP contribution in [0.2, 0.25) is 0 Å². The molecule has 20 heavy (non-hydrogen) atoms. The number of hydrogen-bond acceptors (Lipinski definition) is 2. The second-order valence-electron chi connectivity index (χ2n) is 4.13. The number of rotatable bonds is 3. The van der Waals surface area contributed by atoms with E-state index in [2.05, 4.69) is 10.6 Å². The van der Waals surface area contributed by atoms with Gasteiger partial charge in [0.05, 0.1) is 0 Å². The lowest BCUT2D eigenvalue weighted by molar-refractivity contribution is -0.136. The van der Waals surface area contributed by atoms with Crippen LogP contribution >= 0.6 is 0 Å². The van der Waals surface area contributed by atoms with E-state index in [0.717, 1.165) is 0 Å². The summed E-state index contributed by atoms with van der Waals surface area (Å²) in [5, 5.41) is 4.94. The molecule has 0 radical (unpaired) electrons. The Bertz CT molecular complexity index is 597. The van der Waals surface area contributed by atoms with Gasteiger partial charge in [0.2, 0.25) is 0 Å². The summed E-state index contributed by atoms with van der Waals surface area (Å²) in [6.45, 7) is 0.168. The molecule has 2 N–H and O–H groups in total. The SMILES string of the molecule is O=C(NCc1ccc(F)cc1)C(=O)Nc1ccccc1. The molecule has 0 saturated heterocycles. The maximum atomic E-state index is 12.7. The van der Waals surface area contributed by atoms with Crippen molar-refractivity contribution >= 4 is 17.5 Å². The number of carbonyl (C=O) groups excluding carboxylic acids is 2. The van der Waals surface area contributed by atoms with E-state index in [1.165, 1.54) is 12.1 Å². The van der Waals surface area contributed by atoms with E-state index in [-0.39, 0.29) is 12.4 Å². The molecule has 0 fully saturated rings. The molecule has 2 aromatic carbocycles. The van der Waals surface area contributed by atoms with E-state index in [1.807, 2.05) is 6.07 Å². The Morgan fingerprint density at radius 1 is 0.900 bits per heavy atom. The number of carbonyl (C=O) groups is 2. The third-order valence-corrected chi connectivity index (χ3v) is 2.60. The fraction of sp³-hybridized carbons (Fsp3) is 0.0667. The zero-order chi connectivity index (χ0) is 14.4. The molecule has 0 spiro atoms. The topological polar surface area (TPSA) is 58.2 Å². The Morgan fingerprint density at radius 2 is 1.55 bits per heavy atom. The van der Waals surface area contributed by atoms with Crippen LogP contribution in [0.4, 0.5) is 10.1 Å². The van der Waals surface area contributed by atoms with E-state index in [0.29, 0.717) is 11.3 Å². The van der Waals surface area contributed by atoms with Gasteiger partial charge in [0.1, 0.15) is 5.82 Å². The van der Waals surface area contributed by atoms with Crippen LogP contribution in [-0.2, 0) is 16.1 Å². The molecule has 102 valence electrons. The molecule has 0 aliphatic carbocycles. The minimum atomic E-state index is -0.738. The Labute approximate surface area is 115 Å². The Hall–Kier alpha value is -2.69. The van der Waals surface area contributed by atoms with Gasteiger partial charge in [-0.15, -0.1) is 0 Å². The quantitative estimate of drug-likeness (QED) is 0.840. The normalized spacial score (nSPS) is 9.85. The molecule has 0 heterocycles. The van der Waals surface area contributed by atoms with Gasteiger partial charge in [-0.2, -0.15) is 0 Å². The smallest absolute Gasteiger partial charge is 0.313 e. The summed E-state index contributed by atoms with van der Waals surface area (Å²) < 4.78 is 12.7. The predicted molar refractivity (Wildman–Crippen MR) is 73.3 cm³/mol. The standard InChI is InChI=1S/C15H13FN2O2/c16-12-8-6-11(7-9-12)10-17-14(19)15(20)18-13-4-2-1-3-5-13/h1-9H,10H2,(H,17,19)(H,18,20). The molecule has 0 aliphatic rings. The van der Waals surface area contributed by atoms with Crippen molar-refractivity contribution in [1.82, 2.24) is 5.32 Å². The van der Waals surface area contributed by atoms with Crippen LogP contribution in [-0.4, -0.2) is 11.8 Å². The zero-order valence-corrected chi connectivity index (χ0v) is 10.6. The summed E-state index contributed by atoms with van der Waals surface area (Å²) in [4.78, 5) is 23.2. The molecule has 0 saturated carbocycles. The maximum Gasteiger partial charge on any atom is 0.313 e. The first kappa shape index (κ1) is 13.7. The third-order valence-electron chi connectivity index (χ3n) is 2.60. The highest BCUT2D eigenvalue weighted by Gasteiger charge is 2.12. The van der Waals surface area contributed by atoms with Gasteiger partial charge in [0, 0.05) is 12.2 Å². The maximum absolute atomic E-state index is 12.7. The first-order valence-electron chi connectivity index (χ1n) is 6.04. The van der Waals surface area contributed by atoms with E-state index in [9.17, 15) is 14.0 Å². The van der Waals surface area contributed by atoms with Gasteiger partial charge in [0.25, 0.3) is 0 Å². The molecular weight excluding hydrogens is 259 g/mol. The molecule has 2 aromatic rings. The van der Waals surface area contributed by atoms with E-state index >= 15 is 0 Å². The average Bonchev–Trinajstić information content (AvgIpc) is 2.47. The molecule has 2 amide bonds. The highest BCUT2D eigenvalue weighted by Crippen LogP contribution is 2.05. The van der Waals surface area contributed by atoms with Crippen LogP contribution in [0.5, 0.6) is 0 Å². The Morgan fingerprint density at radius 3 is 2.20 bits per heavy atom. The molecule has 0 aromatic heterocycles. The lowest BCUT2D eigenvalue weighted by Crippen LogP contribution is -2.34. The molecule has 5 heteroatoms. The summed E-state index contributed by atoms with van der Waals surface area (Å²) in [6, 6.07) is 14.4. The van der Waals surface area contributed by atoms with Gasteiger partial charge in [-0.05, 0) is 29.8 Å². The molecule has 2 rings (SSSR count). The highest BCUT2D eigenvalue weighted by molar-refractivity contribution is 6.39. The van der Waals surface area contributed by atoms with Crippen molar-refractivity contribution in [2.75, 3.05) is 5.32 Å². The van der Waals surface area contributed by atoms with Gasteiger partial charge in [-0.25, -0.2) is 4.39 Å². The number of benzene rings is 2. The van der Waals surface area contributed by atoms with Crippen LogP contribution in [0.1, 0.15) is 5.56 Å². The number of amides is 2. The highest BCUT2D eigenvalue weighted by atomic mass is 19.1. The summed E-state index contributed by atoms with van der Waals surface area (Å²) in [6.07, 6.45) is 0. The summed E-state index contributed by atoms with van der Waals surface area (Å²) in [5.74, 6) is -1.82. The fourth-order valence-electron chi connectivity index (χ4n) is 1.57. The number of hydrogen-bond donors (Lipinski definition) is 2.